The number of hydrogen-bond donors (Lipinski definition) is 1. The molecule has 0 radical (unpaired) electrons. The summed E-state index contributed by atoms with van der Waals surface area (Å²) < 4.78 is 27.3. The molecule has 0 unspecified atom stereocenters. The fourth-order valence-electron chi connectivity index (χ4n) is 3.85. The fraction of sp³-hybridized carbons (Fsp3) is 0.611. The lowest BCUT2D eigenvalue weighted by Crippen LogP contribution is -2.37. The Bertz CT molecular complexity index is 769. The average molecular weight is 400 g/mol. The molecular weight excluding hydrogens is 374 g/mol. The van der Waals surface area contributed by atoms with Crippen LogP contribution < -0.4 is 5.32 Å². The lowest BCUT2D eigenvalue weighted by molar-refractivity contribution is 0.212. The third-order valence-corrected chi connectivity index (χ3v) is 7.73. The van der Waals surface area contributed by atoms with Crippen LogP contribution in [0.15, 0.2) is 24.3 Å². The Morgan fingerprint density at radius 1 is 1.31 bits per heavy atom. The molecule has 3 rings (SSSR count). The van der Waals surface area contributed by atoms with Crippen LogP contribution in [0.3, 0.4) is 0 Å². The van der Waals surface area contributed by atoms with Gasteiger partial charge in [0.15, 0.2) is 0 Å². The highest BCUT2D eigenvalue weighted by atomic mass is 35.5. The van der Waals surface area contributed by atoms with E-state index >= 15 is 0 Å². The molecule has 144 valence electrons. The maximum absolute atomic E-state index is 12.8. The summed E-state index contributed by atoms with van der Waals surface area (Å²) in [6, 6.07) is 6.80. The van der Waals surface area contributed by atoms with E-state index in [9.17, 15) is 13.2 Å². The summed E-state index contributed by atoms with van der Waals surface area (Å²) in [6.07, 6.45) is 1.20. The van der Waals surface area contributed by atoms with Gasteiger partial charge in [0.25, 0.3) is 0 Å². The van der Waals surface area contributed by atoms with E-state index in [1.165, 1.54) is 0 Å². The van der Waals surface area contributed by atoms with E-state index in [-0.39, 0.29) is 17.2 Å². The molecule has 2 fully saturated rings. The van der Waals surface area contributed by atoms with Gasteiger partial charge >= 0.3 is 6.03 Å². The molecule has 1 N–H and O–H groups in total. The Kier molecular flexibility index (Phi) is 5.79. The normalized spacial score (nSPS) is 25.8. The molecule has 2 amide bonds. The Hall–Kier alpha value is -1.31. The van der Waals surface area contributed by atoms with Gasteiger partial charge < -0.3 is 10.2 Å². The van der Waals surface area contributed by atoms with Crippen molar-refractivity contribution < 1.29 is 13.2 Å². The van der Waals surface area contributed by atoms with Crippen LogP contribution in [-0.4, -0.2) is 55.1 Å². The van der Waals surface area contributed by atoms with Gasteiger partial charge in [0, 0.05) is 36.9 Å². The second kappa shape index (κ2) is 7.74. The van der Waals surface area contributed by atoms with Gasteiger partial charge in [-0.2, -0.15) is 0 Å². The number of carbonyl (C=O) groups is 1. The van der Waals surface area contributed by atoms with Crippen molar-refractivity contribution in [3.63, 3.8) is 0 Å². The van der Waals surface area contributed by atoms with Crippen molar-refractivity contribution in [3.8, 4) is 0 Å². The van der Waals surface area contributed by atoms with Crippen molar-refractivity contribution in [2.24, 2.45) is 11.8 Å². The maximum Gasteiger partial charge on any atom is 0.321 e. The predicted molar refractivity (Wildman–Crippen MR) is 104 cm³/mol. The molecule has 8 heteroatoms. The third kappa shape index (κ3) is 4.15. The fourth-order valence-corrected chi connectivity index (χ4v) is 6.44. The predicted octanol–water partition coefficient (Wildman–Crippen LogP) is 3.25. The third-order valence-electron chi connectivity index (χ3n) is 5.09. The zero-order chi connectivity index (χ0) is 18.9. The van der Waals surface area contributed by atoms with Crippen molar-refractivity contribution in [1.82, 2.24) is 9.21 Å². The zero-order valence-electron chi connectivity index (χ0n) is 15.2. The first-order valence-corrected chi connectivity index (χ1v) is 11.0. The monoisotopic (exact) mass is 399 g/mol. The number of benzene rings is 1. The first-order chi connectivity index (χ1) is 12.3. The zero-order valence-corrected chi connectivity index (χ0v) is 16.8. The number of nitrogens with zero attached hydrogens (tertiary/aromatic N) is 2. The molecule has 2 heterocycles. The molecule has 1 aromatic rings. The van der Waals surface area contributed by atoms with E-state index in [0.29, 0.717) is 55.6 Å². The minimum absolute atomic E-state index is 0.0997. The molecule has 2 atom stereocenters. The van der Waals surface area contributed by atoms with Gasteiger partial charge in [0.05, 0.1) is 5.25 Å². The number of nitrogens with one attached hydrogen (secondary N) is 1. The van der Waals surface area contributed by atoms with Crippen molar-refractivity contribution in [1.29, 1.82) is 0 Å². The number of halogens is 1. The molecule has 6 nitrogen and oxygen atoms in total. The summed E-state index contributed by atoms with van der Waals surface area (Å²) in [5.74, 6) is 0.412. The number of rotatable bonds is 3. The van der Waals surface area contributed by atoms with E-state index in [4.69, 9.17) is 11.6 Å². The summed E-state index contributed by atoms with van der Waals surface area (Å²) in [6.45, 7) is 6.24. The van der Waals surface area contributed by atoms with E-state index in [0.717, 1.165) is 0 Å². The maximum atomic E-state index is 12.8. The Labute approximate surface area is 160 Å². The van der Waals surface area contributed by atoms with Crippen molar-refractivity contribution in [2.75, 3.05) is 31.5 Å². The summed E-state index contributed by atoms with van der Waals surface area (Å²) >= 11 is 5.95. The van der Waals surface area contributed by atoms with Gasteiger partial charge in [-0.25, -0.2) is 17.5 Å². The molecule has 2 aliphatic rings. The van der Waals surface area contributed by atoms with Crippen LogP contribution in [0.1, 0.15) is 26.7 Å². The number of anilines is 1. The Morgan fingerprint density at radius 3 is 2.73 bits per heavy atom. The molecule has 0 saturated carbocycles. The molecule has 0 spiro atoms. The highest BCUT2D eigenvalue weighted by Gasteiger charge is 2.47. The highest BCUT2D eigenvalue weighted by Crippen LogP contribution is 2.34. The van der Waals surface area contributed by atoms with Gasteiger partial charge in [-0.3, -0.25) is 0 Å². The van der Waals surface area contributed by atoms with E-state index in [1.54, 1.807) is 33.5 Å². The topological polar surface area (TPSA) is 69.7 Å². The number of hydrogen-bond acceptors (Lipinski definition) is 3. The standard InChI is InChI=1S/C18H26ClN3O3S/c1-13(2)11-22-12-14-6-8-21(9-7-17(14)26(22,24)25)18(23)20-16-5-3-4-15(19)10-16/h3-5,10,13-14,17H,6-9,11-12H2,1-2H3,(H,20,23)/t14-,17-/m0/s1. The van der Waals surface area contributed by atoms with E-state index < -0.39 is 10.0 Å². The van der Waals surface area contributed by atoms with Crippen LogP contribution in [0.5, 0.6) is 0 Å². The molecule has 2 saturated heterocycles. The molecule has 0 bridgehead atoms. The average Bonchev–Trinajstić information content (AvgIpc) is 2.71. The van der Waals surface area contributed by atoms with Gasteiger partial charge in [0.2, 0.25) is 10.0 Å². The van der Waals surface area contributed by atoms with Crippen LogP contribution in [0.25, 0.3) is 0 Å². The van der Waals surface area contributed by atoms with Gasteiger partial charge in [-0.1, -0.05) is 31.5 Å². The molecule has 0 aromatic heterocycles. The number of likely N-dealkylation sites (tertiary alicyclic amines) is 1. The number of urea groups is 1. The van der Waals surface area contributed by atoms with Crippen LogP contribution in [0, 0.1) is 11.8 Å². The summed E-state index contributed by atoms with van der Waals surface area (Å²) in [4.78, 5) is 14.2. The van der Waals surface area contributed by atoms with Crippen LogP contribution in [-0.2, 0) is 10.0 Å². The number of sulfonamides is 1. The molecule has 1 aromatic carbocycles. The molecular formula is C18H26ClN3O3S. The van der Waals surface area contributed by atoms with E-state index in [1.807, 2.05) is 13.8 Å². The Morgan fingerprint density at radius 2 is 2.04 bits per heavy atom. The summed E-state index contributed by atoms with van der Waals surface area (Å²) in [7, 11) is -3.26. The second-order valence-corrected chi connectivity index (χ2v) is 10.1. The highest BCUT2D eigenvalue weighted by molar-refractivity contribution is 7.90. The van der Waals surface area contributed by atoms with Crippen LogP contribution >= 0.6 is 11.6 Å². The largest absolute Gasteiger partial charge is 0.324 e. The quantitative estimate of drug-likeness (QED) is 0.848. The smallest absolute Gasteiger partial charge is 0.321 e. The summed E-state index contributed by atoms with van der Waals surface area (Å²) in [5.41, 5.74) is 0.641. The van der Waals surface area contributed by atoms with Crippen molar-refractivity contribution in [2.45, 2.75) is 31.9 Å². The van der Waals surface area contributed by atoms with Crippen molar-refractivity contribution >= 4 is 33.3 Å². The number of amides is 2. The summed E-state index contributed by atoms with van der Waals surface area (Å²) in [5, 5.41) is 3.03. The lowest BCUT2D eigenvalue weighted by atomic mass is 10.0. The first-order valence-electron chi connectivity index (χ1n) is 9.08. The molecule has 2 aliphatic heterocycles. The minimum Gasteiger partial charge on any atom is -0.324 e. The molecule has 0 aliphatic carbocycles. The van der Waals surface area contributed by atoms with Gasteiger partial charge in [0.1, 0.15) is 0 Å². The van der Waals surface area contributed by atoms with Gasteiger partial charge in [-0.05, 0) is 42.9 Å². The van der Waals surface area contributed by atoms with Crippen LogP contribution in [0.4, 0.5) is 10.5 Å². The minimum atomic E-state index is -3.26. The second-order valence-electron chi connectivity index (χ2n) is 7.56. The van der Waals surface area contributed by atoms with Crippen LogP contribution in [0.2, 0.25) is 5.02 Å². The Balaban J connectivity index is 1.64. The molecule has 26 heavy (non-hydrogen) atoms. The van der Waals surface area contributed by atoms with Gasteiger partial charge in [-0.15, -0.1) is 0 Å². The SMILES string of the molecule is CC(C)CN1C[C@@H]2CCN(C(=O)Nc3cccc(Cl)c3)CC[C@@H]2S1(=O)=O. The van der Waals surface area contributed by atoms with E-state index in [2.05, 4.69) is 5.32 Å². The lowest BCUT2D eigenvalue weighted by Gasteiger charge is -2.23. The van der Waals surface area contributed by atoms with Crippen molar-refractivity contribution in [3.05, 3.63) is 29.3 Å². The number of carbonyl (C=O) groups excluding carboxylic acids is 1. The first kappa shape index (κ1) is 19.5. The number of fused-ring (bicyclic) bond motifs is 1.